The number of benzene rings is 4. The van der Waals surface area contributed by atoms with Crippen molar-refractivity contribution in [3.63, 3.8) is 0 Å². The van der Waals surface area contributed by atoms with Crippen molar-refractivity contribution in [2.75, 3.05) is 26.4 Å². The maximum Gasteiger partial charge on any atom is 0.161 e. The summed E-state index contributed by atoms with van der Waals surface area (Å²) in [6, 6.07) is 27.8. The van der Waals surface area contributed by atoms with Crippen LogP contribution in [0.2, 0.25) is 0 Å². The molecule has 3 aliphatic rings. The van der Waals surface area contributed by atoms with Gasteiger partial charge in [-0.05, 0) is 57.6 Å². The minimum atomic E-state index is -0.765. The first-order valence-electron chi connectivity index (χ1n) is 12.5. The second kappa shape index (κ2) is 8.54. The monoisotopic (exact) mass is 494 g/mol. The highest BCUT2D eigenvalue weighted by molar-refractivity contribution is 5.86. The Hall–Kier alpha value is -4.00. The Labute approximate surface area is 214 Å². The molecule has 2 heterocycles. The molecule has 0 aromatic heterocycles. The van der Waals surface area contributed by atoms with Crippen LogP contribution in [0.3, 0.4) is 0 Å². The lowest BCUT2D eigenvalue weighted by atomic mass is 9.67. The van der Waals surface area contributed by atoms with Gasteiger partial charge in [0.25, 0.3) is 0 Å². The fourth-order valence-corrected chi connectivity index (χ4v) is 5.46. The standard InChI is InChI=1S/C31H26O6/c32-27-13-19(9-11-29(27)36-17-21-15-34-21)31(20-10-12-30(28(33)14-20)37-18-22-16-35-22)25-7-3-1-5-23(25)24-6-2-4-8-26(24)31/h1-14,21-22,32-33H,15-18H2. The van der Waals surface area contributed by atoms with Crippen LogP contribution in [0.25, 0.3) is 11.1 Å². The zero-order chi connectivity index (χ0) is 25.0. The molecule has 1 aliphatic carbocycles. The smallest absolute Gasteiger partial charge is 0.161 e. The molecule has 0 radical (unpaired) electrons. The van der Waals surface area contributed by atoms with E-state index in [-0.39, 0.29) is 23.7 Å². The number of phenols is 2. The number of rotatable bonds is 8. The van der Waals surface area contributed by atoms with Crippen LogP contribution < -0.4 is 9.47 Å². The zero-order valence-electron chi connectivity index (χ0n) is 20.1. The topological polar surface area (TPSA) is 84.0 Å². The van der Waals surface area contributed by atoms with Gasteiger partial charge in [-0.15, -0.1) is 0 Å². The second-order valence-corrected chi connectivity index (χ2v) is 9.74. The number of aromatic hydroxyl groups is 2. The van der Waals surface area contributed by atoms with Gasteiger partial charge in [0, 0.05) is 0 Å². The quantitative estimate of drug-likeness (QED) is 0.295. The summed E-state index contributed by atoms with van der Waals surface area (Å²) in [5, 5.41) is 22.0. The van der Waals surface area contributed by atoms with Gasteiger partial charge in [-0.1, -0.05) is 60.7 Å². The third kappa shape index (κ3) is 3.72. The van der Waals surface area contributed by atoms with Gasteiger partial charge in [0.15, 0.2) is 23.0 Å². The summed E-state index contributed by atoms with van der Waals surface area (Å²) in [6.45, 7) is 2.19. The van der Waals surface area contributed by atoms with Crippen molar-refractivity contribution >= 4 is 0 Å². The molecule has 2 saturated heterocycles. The number of hydrogen-bond donors (Lipinski definition) is 2. The van der Waals surface area contributed by atoms with Gasteiger partial charge in [-0.2, -0.15) is 0 Å². The predicted octanol–water partition coefficient (Wildman–Crippen LogP) is 5.02. The molecule has 0 amide bonds. The average Bonchev–Trinajstić information content (AvgIpc) is 3.85. The van der Waals surface area contributed by atoms with Crippen LogP contribution in [0, 0.1) is 0 Å². The molecule has 2 aliphatic heterocycles. The Bertz CT molecular complexity index is 1370. The lowest BCUT2D eigenvalue weighted by Crippen LogP contribution is -2.28. The average molecular weight is 495 g/mol. The minimum Gasteiger partial charge on any atom is -0.504 e. The molecular weight excluding hydrogens is 468 g/mol. The summed E-state index contributed by atoms with van der Waals surface area (Å²) < 4.78 is 22.1. The van der Waals surface area contributed by atoms with E-state index in [1.54, 1.807) is 12.1 Å². The van der Waals surface area contributed by atoms with Crippen LogP contribution in [-0.4, -0.2) is 48.8 Å². The van der Waals surface area contributed by atoms with Gasteiger partial charge >= 0.3 is 0 Å². The molecule has 6 heteroatoms. The molecular formula is C31H26O6. The molecule has 2 fully saturated rings. The van der Waals surface area contributed by atoms with Crippen LogP contribution in [0.15, 0.2) is 84.9 Å². The van der Waals surface area contributed by atoms with Crippen LogP contribution in [0.5, 0.6) is 23.0 Å². The largest absolute Gasteiger partial charge is 0.504 e. The van der Waals surface area contributed by atoms with E-state index in [0.717, 1.165) is 33.4 Å². The van der Waals surface area contributed by atoms with Crippen molar-refractivity contribution in [3.05, 3.63) is 107 Å². The molecule has 0 bridgehead atoms. The van der Waals surface area contributed by atoms with E-state index in [1.807, 2.05) is 48.5 Å². The molecule has 0 spiro atoms. The fourth-order valence-electron chi connectivity index (χ4n) is 5.46. The highest BCUT2D eigenvalue weighted by Gasteiger charge is 2.46. The Morgan fingerprint density at radius 1 is 0.649 bits per heavy atom. The van der Waals surface area contributed by atoms with E-state index in [4.69, 9.17) is 18.9 Å². The van der Waals surface area contributed by atoms with Crippen molar-refractivity contribution < 1.29 is 29.2 Å². The first-order valence-corrected chi connectivity index (χ1v) is 12.5. The molecule has 4 aromatic rings. The number of phenolic OH excluding ortho intramolecular Hbond substituents is 2. The Morgan fingerprint density at radius 3 is 1.49 bits per heavy atom. The molecule has 4 aromatic carbocycles. The number of hydrogen-bond acceptors (Lipinski definition) is 6. The van der Waals surface area contributed by atoms with Crippen molar-refractivity contribution in [3.8, 4) is 34.1 Å². The summed E-state index contributed by atoms with van der Waals surface area (Å²) in [6.07, 6.45) is 0.184. The highest BCUT2D eigenvalue weighted by Crippen LogP contribution is 2.57. The van der Waals surface area contributed by atoms with E-state index in [9.17, 15) is 10.2 Å². The van der Waals surface area contributed by atoms with Crippen molar-refractivity contribution in [2.24, 2.45) is 0 Å². The Kier molecular flexibility index (Phi) is 5.13. The van der Waals surface area contributed by atoms with Gasteiger partial charge in [0.1, 0.15) is 25.4 Å². The van der Waals surface area contributed by atoms with Gasteiger partial charge < -0.3 is 29.2 Å². The minimum absolute atomic E-state index is 0.0630. The normalized spacial score (nSPS) is 20.1. The van der Waals surface area contributed by atoms with Crippen LogP contribution in [0.1, 0.15) is 22.3 Å². The Balaban J connectivity index is 1.40. The second-order valence-electron chi connectivity index (χ2n) is 9.74. The van der Waals surface area contributed by atoms with E-state index in [1.165, 1.54) is 0 Å². The fraction of sp³-hybridized carbons (Fsp3) is 0.226. The van der Waals surface area contributed by atoms with Crippen LogP contribution in [0.4, 0.5) is 0 Å². The lowest BCUT2D eigenvalue weighted by Gasteiger charge is -2.34. The maximum absolute atomic E-state index is 11.0. The first-order chi connectivity index (χ1) is 18.1. The SMILES string of the molecule is Oc1cc(C2(c3ccc(OCC4CO4)c(O)c3)c3ccccc3-c3ccccc32)ccc1OCC1CO1. The van der Waals surface area contributed by atoms with Crippen LogP contribution >= 0.6 is 0 Å². The molecule has 2 atom stereocenters. The number of epoxide rings is 2. The Morgan fingerprint density at radius 2 is 1.08 bits per heavy atom. The predicted molar refractivity (Wildman–Crippen MR) is 138 cm³/mol. The summed E-state index contributed by atoms with van der Waals surface area (Å²) in [5.41, 5.74) is 5.38. The number of ether oxygens (including phenoxy) is 4. The van der Waals surface area contributed by atoms with E-state index >= 15 is 0 Å². The highest BCUT2D eigenvalue weighted by atomic mass is 16.6. The molecule has 2 N–H and O–H groups in total. The van der Waals surface area contributed by atoms with E-state index in [2.05, 4.69) is 24.3 Å². The van der Waals surface area contributed by atoms with E-state index in [0.29, 0.717) is 37.9 Å². The third-order valence-corrected chi connectivity index (χ3v) is 7.39. The summed E-state index contributed by atoms with van der Waals surface area (Å²) in [4.78, 5) is 0. The molecule has 186 valence electrons. The van der Waals surface area contributed by atoms with E-state index < -0.39 is 5.41 Å². The summed E-state index contributed by atoms with van der Waals surface area (Å²) >= 11 is 0. The first kappa shape index (κ1) is 22.2. The summed E-state index contributed by atoms with van der Waals surface area (Å²) in [5.74, 6) is 0.965. The van der Waals surface area contributed by atoms with Crippen molar-refractivity contribution in [1.82, 2.24) is 0 Å². The lowest BCUT2D eigenvalue weighted by molar-refractivity contribution is 0.253. The third-order valence-electron chi connectivity index (χ3n) is 7.39. The van der Waals surface area contributed by atoms with Gasteiger partial charge in [-0.3, -0.25) is 0 Å². The van der Waals surface area contributed by atoms with Crippen LogP contribution in [-0.2, 0) is 14.9 Å². The zero-order valence-corrected chi connectivity index (χ0v) is 20.1. The molecule has 2 unspecified atom stereocenters. The summed E-state index contributed by atoms with van der Waals surface area (Å²) in [7, 11) is 0. The molecule has 37 heavy (non-hydrogen) atoms. The molecule has 7 rings (SSSR count). The molecule has 0 saturated carbocycles. The van der Waals surface area contributed by atoms with Gasteiger partial charge in [-0.25, -0.2) is 0 Å². The maximum atomic E-state index is 11.0. The van der Waals surface area contributed by atoms with Gasteiger partial charge in [0.05, 0.1) is 18.6 Å². The van der Waals surface area contributed by atoms with Crippen molar-refractivity contribution in [2.45, 2.75) is 17.6 Å². The van der Waals surface area contributed by atoms with Crippen molar-refractivity contribution in [1.29, 1.82) is 0 Å². The number of fused-ring (bicyclic) bond motifs is 3. The van der Waals surface area contributed by atoms with Gasteiger partial charge in [0.2, 0.25) is 0 Å². The molecule has 6 nitrogen and oxygen atoms in total.